The summed E-state index contributed by atoms with van der Waals surface area (Å²) in [7, 11) is 1.04. The summed E-state index contributed by atoms with van der Waals surface area (Å²) < 4.78 is 10.7. The summed E-state index contributed by atoms with van der Waals surface area (Å²) in [4.78, 5) is 14.1. The minimum Gasteiger partial charge on any atom is -0.397 e. The summed E-state index contributed by atoms with van der Waals surface area (Å²) in [6.07, 6.45) is 4.76. The van der Waals surface area contributed by atoms with Crippen LogP contribution in [0.2, 0.25) is 6.55 Å². The van der Waals surface area contributed by atoms with E-state index in [1.807, 2.05) is 11.4 Å². The lowest BCUT2D eigenvalue weighted by atomic mass is 10.3. The number of urea groups is 1. The maximum atomic E-state index is 12.2. The van der Waals surface area contributed by atoms with Gasteiger partial charge in [0, 0.05) is 27.3 Å². The molecule has 0 aliphatic rings. The first-order valence-electron chi connectivity index (χ1n) is 7.16. The quantitative estimate of drug-likeness (QED) is 0.629. The molecular formula is C13H30N2O3Si. The molecule has 114 valence electrons. The van der Waals surface area contributed by atoms with Gasteiger partial charge in [0.1, 0.15) is 0 Å². The van der Waals surface area contributed by atoms with Crippen LogP contribution in [0, 0.1) is 0 Å². The highest BCUT2D eigenvalue weighted by atomic mass is 28.4. The molecule has 0 aliphatic carbocycles. The van der Waals surface area contributed by atoms with Gasteiger partial charge in [0.05, 0.1) is 6.17 Å². The Bertz CT molecular complexity index is 240. The van der Waals surface area contributed by atoms with Gasteiger partial charge in [0.15, 0.2) is 0 Å². The van der Waals surface area contributed by atoms with Crippen molar-refractivity contribution in [2.24, 2.45) is 0 Å². The summed E-state index contributed by atoms with van der Waals surface area (Å²) in [5, 5.41) is 2.94. The van der Waals surface area contributed by atoms with Crippen molar-refractivity contribution in [1.29, 1.82) is 0 Å². The van der Waals surface area contributed by atoms with E-state index in [1.165, 1.54) is 0 Å². The van der Waals surface area contributed by atoms with Crippen molar-refractivity contribution >= 4 is 14.6 Å². The zero-order valence-corrected chi connectivity index (χ0v) is 14.1. The third-order valence-electron chi connectivity index (χ3n) is 3.27. The van der Waals surface area contributed by atoms with E-state index in [2.05, 4.69) is 19.2 Å². The van der Waals surface area contributed by atoms with E-state index in [0.29, 0.717) is 6.17 Å². The summed E-state index contributed by atoms with van der Waals surface area (Å²) in [6, 6.07) is -0.00488. The molecular weight excluding hydrogens is 260 g/mol. The molecule has 0 saturated carbocycles. The molecule has 0 saturated heterocycles. The first kappa shape index (κ1) is 18.4. The second-order valence-corrected chi connectivity index (χ2v) is 8.33. The van der Waals surface area contributed by atoms with Crippen molar-refractivity contribution in [1.82, 2.24) is 10.2 Å². The van der Waals surface area contributed by atoms with Gasteiger partial charge >= 0.3 is 14.6 Å². The zero-order valence-electron chi connectivity index (χ0n) is 13.1. The molecule has 0 fully saturated rings. The topological polar surface area (TPSA) is 50.8 Å². The SMILES string of the molecule is CCCCN(CCCC)C(=O)NC[Si](C)(OC)OC. The summed E-state index contributed by atoms with van der Waals surface area (Å²) >= 11 is 0. The molecule has 19 heavy (non-hydrogen) atoms. The van der Waals surface area contributed by atoms with E-state index in [1.54, 1.807) is 14.2 Å². The normalized spacial score (nSPS) is 11.4. The van der Waals surface area contributed by atoms with E-state index in [4.69, 9.17) is 8.85 Å². The molecule has 0 aliphatic heterocycles. The van der Waals surface area contributed by atoms with Gasteiger partial charge in [-0.15, -0.1) is 0 Å². The minimum atomic E-state index is -2.23. The summed E-state index contributed by atoms with van der Waals surface area (Å²) in [5.41, 5.74) is 0. The van der Waals surface area contributed by atoms with Crippen LogP contribution < -0.4 is 5.32 Å². The third kappa shape index (κ3) is 7.54. The Balaban J connectivity index is 4.29. The van der Waals surface area contributed by atoms with Crippen molar-refractivity contribution in [3.8, 4) is 0 Å². The highest BCUT2D eigenvalue weighted by Crippen LogP contribution is 2.04. The first-order valence-corrected chi connectivity index (χ1v) is 9.68. The Morgan fingerprint density at radius 3 is 1.95 bits per heavy atom. The Morgan fingerprint density at radius 1 is 1.11 bits per heavy atom. The summed E-state index contributed by atoms with van der Waals surface area (Å²) in [6.45, 7) is 7.85. The Labute approximate surface area is 118 Å². The molecule has 0 aromatic heterocycles. The number of hydrogen-bond acceptors (Lipinski definition) is 3. The Hall–Kier alpha value is -0.593. The molecule has 0 heterocycles. The average molecular weight is 290 g/mol. The van der Waals surface area contributed by atoms with E-state index in [-0.39, 0.29) is 6.03 Å². The van der Waals surface area contributed by atoms with Gasteiger partial charge in [0.25, 0.3) is 0 Å². The van der Waals surface area contributed by atoms with Crippen molar-refractivity contribution in [3.05, 3.63) is 0 Å². The van der Waals surface area contributed by atoms with Gasteiger partial charge in [-0.1, -0.05) is 26.7 Å². The number of nitrogens with zero attached hydrogens (tertiary/aromatic N) is 1. The molecule has 1 N–H and O–H groups in total. The van der Waals surface area contributed by atoms with E-state index in [0.717, 1.165) is 38.8 Å². The second kappa shape index (κ2) is 10.2. The van der Waals surface area contributed by atoms with Crippen molar-refractivity contribution in [2.75, 3.05) is 33.5 Å². The molecule has 0 aromatic rings. The molecule has 0 unspecified atom stereocenters. The molecule has 0 bridgehead atoms. The fourth-order valence-electron chi connectivity index (χ4n) is 1.59. The number of amides is 2. The van der Waals surface area contributed by atoms with Crippen LogP contribution in [0.5, 0.6) is 0 Å². The van der Waals surface area contributed by atoms with Crippen LogP contribution in [-0.4, -0.2) is 53.0 Å². The van der Waals surface area contributed by atoms with Gasteiger partial charge in [-0.3, -0.25) is 0 Å². The molecule has 0 rings (SSSR count). The van der Waals surface area contributed by atoms with E-state index >= 15 is 0 Å². The monoisotopic (exact) mass is 290 g/mol. The molecule has 0 radical (unpaired) electrons. The average Bonchev–Trinajstić information content (AvgIpc) is 2.44. The van der Waals surface area contributed by atoms with Crippen molar-refractivity contribution in [3.63, 3.8) is 0 Å². The van der Waals surface area contributed by atoms with Crippen molar-refractivity contribution in [2.45, 2.75) is 46.1 Å². The Kier molecular flexibility index (Phi) is 9.91. The van der Waals surface area contributed by atoms with Gasteiger partial charge in [-0.05, 0) is 19.4 Å². The highest BCUT2D eigenvalue weighted by molar-refractivity contribution is 6.66. The number of unbranched alkanes of at least 4 members (excludes halogenated alkanes) is 2. The second-order valence-electron chi connectivity index (χ2n) is 4.89. The van der Waals surface area contributed by atoms with Crippen LogP contribution in [-0.2, 0) is 8.85 Å². The van der Waals surface area contributed by atoms with Crippen molar-refractivity contribution < 1.29 is 13.6 Å². The fraction of sp³-hybridized carbons (Fsp3) is 0.923. The molecule has 6 heteroatoms. The van der Waals surface area contributed by atoms with Gasteiger partial charge < -0.3 is 19.1 Å². The van der Waals surface area contributed by atoms with E-state index in [9.17, 15) is 4.79 Å². The minimum absolute atomic E-state index is 0.00488. The highest BCUT2D eigenvalue weighted by Gasteiger charge is 2.30. The number of hydrogen-bond donors (Lipinski definition) is 1. The van der Waals surface area contributed by atoms with E-state index < -0.39 is 8.56 Å². The standard InChI is InChI=1S/C13H30N2O3Si/c1-6-8-10-15(11-9-7-2)13(16)14-12-19(5,17-3)18-4/h6-12H2,1-5H3,(H,14,16). The third-order valence-corrected chi connectivity index (χ3v) is 5.82. The number of nitrogens with one attached hydrogen (secondary N) is 1. The number of carbonyl (C=O) groups is 1. The van der Waals surface area contributed by atoms with Crippen LogP contribution >= 0.6 is 0 Å². The molecule has 0 spiro atoms. The van der Waals surface area contributed by atoms with Gasteiger partial charge in [-0.2, -0.15) is 0 Å². The Morgan fingerprint density at radius 2 is 1.58 bits per heavy atom. The molecule has 2 amide bonds. The van der Waals surface area contributed by atoms with Crippen LogP contribution in [0.25, 0.3) is 0 Å². The first-order chi connectivity index (χ1) is 9.02. The lowest BCUT2D eigenvalue weighted by Crippen LogP contribution is -2.52. The molecule has 0 atom stereocenters. The smallest absolute Gasteiger partial charge is 0.354 e. The predicted molar refractivity (Wildman–Crippen MR) is 80.4 cm³/mol. The van der Waals surface area contributed by atoms with Gasteiger partial charge in [0.2, 0.25) is 0 Å². The zero-order chi connectivity index (χ0) is 14.7. The fourth-order valence-corrected chi connectivity index (χ4v) is 2.52. The van der Waals surface area contributed by atoms with Crippen LogP contribution in [0.15, 0.2) is 0 Å². The maximum Gasteiger partial charge on any atom is 0.354 e. The molecule has 5 nitrogen and oxygen atoms in total. The number of carbonyl (C=O) groups excluding carboxylic acids is 1. The number of rotatable bonds is 10. The van der Waals surface area contributed by atoms with Gasteiger partial charge in [-0.25, -0.2) is 4.79 Å². The largest absolute Gasteiger partial charge is 0.397 e. The molecule has 0 aromatic carbocycles. The van der Waals surface area contributed by atoms with Crippen LogP contribution in [0.3, 0.4) is 0 Å². The van der Waals surface area contributed by atoms with Crippen LogP contribution in [0.4, 0.5) is 4.79 Å². The summed E-state index contributed by atoms with van der Waals surface area (Å²) in [5.74, 6) is 0. The maximum absolute atomic E-state index is 12.2. The predicted octanol–water partition coefficient (Wildman–Crippen LogP) is 2.50. The van der Waals surface area contributed by atoms with Crippen LogP contribution in [0.1, 0.15) is 39.5 Å². The lowest BCUT2D eigenvalue weighted by molar-refractivity contribution is 0.193. The lowest BCUT2D eigenvalue weighted by Gasteiger charge is -2.27.